The number of piperidine rings is 1. The predicted molar refractivity (Wildman–Crippen MR) is 112 cm³/mol. The van der Waals surface area contributed by atoms with Crippen molar-refractivity contribution in [3.63, 3.8) is 0 Å². The Morgan fingerprint density at radius 1 is 1.03 bits per heavy atom. The summed E-state index contributed by atoms with van der Waals surface area (Å²) in [6.07, 6.45) is 3.48. The topological polar surface area (TPSA) is 95.8 Å². The van der Waals surface area contributed by atoms with E-state index in [0.717, 1.165) is 32.1 Å². The van der Waals surface area contributed by atoms with Crippen molar-refractivity contribution < 1.29 is 13.3 Å². The minimum absolute atomic E-state index is 0.117. The molecule has 0 aliphatic carbocycles. The highest BCUT2D eigenvalue weighted by Gasteiger charge is 2.32. The Hall–Kier alpha value is -2.65. The Balaban J connectivity index is 1.61. The number of fused-ring (bicyclic) bond motifs is 1. The summed E-state index contributed by atoms with van der Waals surface area (Å²) in [4.78, 5) is 15.6. The summed E-state index contributed by atoms with van der Waals surface area (Å²) in [6.45, 7) is 3.39. The molecule has 2 aromatic carbocycles. The predicted octanol–water partition coefficient (Wildman–Crippen LogP) is 3.07. The average Bonchev–Trinajstić information content (AvgIpc) is 2.73. The van der Waals surface area contributed by atoms with Gasteiger partial charge in [0.25, 0.3) is 15.7 Å². The maximum atomic E-state index is 12.7. The number of nitrogens with zero attached hydrogens (tertiary/aromatic N) is 3. The highest BCUT2D eigenvalue weighted by Crippen LogP contribution is 2.34. The van der Waals surface area contributed by atoms with Gasteiger partial charge >= 0.3 is 0 Å². The van der Waals surface area contributed by atoms with E-state index in [0.29, 0.717) is 24.0 Å². The monoisotopic (exact) mass is 416 g/mol. The first-order valence-electron chi connectivity index (χ1n) is 9.79. The van der Waals surface area contributed by atoms with Gasteiger partial charge in [0.2, 0.25) is 0 Å². The van der Waals surface area contributed by atoms with Crippen LogP contribution < -0.4 is 9.62 Å². The first kappa shape index (κ1) is 19.7. The van der Waals surface area contributed by atoms with Gasteiger partial charge in [0.1, 0.15) is 5.69 Å². The van der Waals surface area contributed by atoms with Crippen molar-refractivity contribution in [3.05, 3.63) is 58.6 Å². The van der Waals surface area contributed by atoms with Gasteiger partial charge in [-0.3, -0.25) is 19.7 Å². The van der Waals surface area contributed by atoms with Gasteiger partial charge in [-0.05, 0) is 43.7 Å². The molecule has 154 valence electrons. The largest absolute Gasteiger partial charge is 0.363 e. The van der Waals surface area contributed by atoms with E-state index in [1.54, 1.807) is 36.4 Å². The molecule has 29 heavy (non-hydrogen) atoms. The standard InChI is InChI=1S/C20H24N4O4S/c25-24(26)20-14-18(29(27,28)21-16-6-2-1-3-7-16)9-10-19(20)23-13-12-22-11-5-4-8-17(22)15-23/h1-3,6-7,9-10,14,17,21H,4-5,8,11-13,15H2. The zero-order valence-electron chi connectivity index (χ0n) is 16.0. The van der Waals surface area contributed by atoms with E-state index in [2.05, 4.69) is 9.62 Å². The number of nitrogens with one attached hydrogen (secondary N) is 1. The van der Waals surface area contributed by atoms with Gasteiger partial charge < -0.3 is 4.90 Å². The lowest BCUT2D eigenvalue weighted by Gasteiger charge is -2.44. The Morgan fingerprint density at radius 2 is 1.83 bits per heavy atom. The molecular weight excluding hydrogens is 392 g/mol. The number of hydrogen-bond donors (Lipinski definition) is 1. The van der Waals surface area contributed by atoms with Crippen molar-refractivity contribution in [2.24, 2.45) is 0 Å². The SMILES string of the molecule is O=[N+]([O-])c1cc(S(=O)(=O)Nc2ccccc2)ccc1N1CCN2CCCCC2C1. The fraction of sp³-hybridized carbons (Fsp3) is 0.400. The molecule has 2 aliphatic rings. The highest BCUT2D eigenvalue weighted by molar-refractivity contribution is 7.92. The van der Waals surface area contributed by atoms with Gasteiger partial charge in [-0.2, -0.15) is 0 Å². The molecule has 2 heterocycles. The average molecular weight is 417 g/mol. The fourth-order valence-corrected chi connectivity index (χ4v) is 5.26. The molecule has 1 unspecified atom stereocenters. The molecule has 1 N–H and O–H groups in total. The molecule has 2 aliphatic heterocycles. The molecule has 0 amide bonds. The van der Waals surface area contributed by atoms with Gasteiger partial charge in [-0.15, -0.1) is 0 Å². The van der Waals surface area contributed by atoms with Crippen LogP contribution in [0.2, 0.25) is 0 Å². The normalized spacial score (nSPS) is 20.1. The van der Waals surface area contributed by atoms with Gasteiger partial charge in [-0.1, -0.05) is 24.6 Å². The van der Waals surface area contributed by atoms with E-state index in [-0.39, 0.29) is 10.6 Å². The van der Waals surface area contributed by atoms with Crippen LogP contribution in [0, 0.1) is 10.1 Å². The second-order valence-corrected chi connectivity index (χ2v) is 9.19. The summed E-state index contributed by atoms with van der Waals surface area (Å²) in [5.74, 6) is 0. The number of hydrogen-bond acceptors (Lipinski definition) is 6. The Morgan fingerprint density at radius 3 is 2.59 bits per heavy atom. The third kappa shape index (κ3) is 4.20. The zero-order valence-corrected chi connectivity index (χ0v) is 16.8. The Labute approximate surface area is 170 Å². The van der Waals surface area contributed by atoms with E-state index in [1.807, 2.05) is 4.90 Å². The summed E-state index contributed by atoms with van der Waals surface area (Å²) >= 11 is 0. The van der Waals surface area contributed by atoms with Crippen molar-refractivity contribution in [1.29, 1.82) is 0 Å². The Bertz CT molecular complexity index is 997. The molecule has 0 aromatic heterocycles. The van der Waals surface area contributed by atoms with Crippen molar-refractivity contribution >= 4 is 27.1 Å². The van der Waals surface area contributed by atoms with E-state index in [1.165, 1.54) is 18.9 Å². The van der Waals surface area contributed by atoms with Crippen LogP contribution in [-0.2, 0) is 10.0 Å². The number of nitro groups is 1. The molecule has 0 radical (unpaired) electrons. The molecule has 2 fully saturated rings. The van der Waals surface area contributed by atoms with E-state index in [4.69, 9.17) is 0 Å². The summed E-state index contributed by atoms with van der Waals surface area (Å²) < 4.78 is 27.9. The van der Waals surface area contributed by atoms with Crippen molar-refractivity contribution in [3.8, 4) is 0 Å². The van der Waals surface area contributed by atoms with Crippen molar-refractivity contribution in [2.75, 3.05) is 35.8 Å². The lowest BCUT2D eigenvalue weighted by atomic mass is 9.99. The van der Waals surface area contributed by atoms with Crippen LogP contribution in [0.25, 0.3) is 0 Å². The molecule has 9 heteroatoms. The van der Waals surface area contributed by atoms with Crippen LogP contribution in [0.4, 0.5) is 17.1 Å². The lowest BCUT2D eigenvalue weighted by molar-refractivity contribution is -0.384. The van der Waals surface area contributed by atoms with Crippen molar-refractivity contribution in [1.82, 2.24) is 4.90 Å². The third-order valence-corrected chi connectivity index (χ3v) is 7.04. The van der Waals surface area contributed by atoms with Gasteiger partial charge in [0, 0.05) is 37.4 Å². The number of sulfonamides is 1. The second kappa shape index (κ2) is 8.00. The molecule has 0 bridgehead atoms. The molecule has 0 saturated carbocycles. The van der Waals surface area contributed by atoms with E-state index >= 15 is 0 Å². The van der Waals surface area contributed by atoms with Crippen LogP contribution in [0.5, 0.6) is 0 Å². The third-order valence-electron chi connectivity index (χ3n) is 5.66. The van der Waals surface area contributed by atoms with Crippen LogP contribution in [0.3, 0.4) is 0 Å². The smallest absolute Gasteiger partial charge is 0.293 e. The van der Waals surface area contributed by atoms with E-state index < -0.39 is 14.9 Å². The van der Waals surface area contributed by atoms with Crippen LogP contribution in [0.1, 0.15) is 19.3 Å². The van der Waals surface area contributed by atoms with Gasteiger partial charge in [-0.25, -0.2) is 8.42 Å². The molecule has 8 nitrogen and oxygen atoms in total. The first-order chi connectivity index (χ1) is 13.9. The zero-order chi connectivity index (χ0) is 20.4. The fourth-order valence-electron chi connectivity index (χ4n) is 4.18. The molecule has 0 spiro atoms. The number of rotatable bonds is 5. The molecule has 2 aromatic rings. The molecule has 4 rings (SSSR count). The van der Waals surface area contributed by atoms with E-state index in [9.17, 15) is 18.5 Å². The Kier molecular flexibility index (Phi) is 5.42. The lowest BCUT2D eigenvalue weighted by Crippen LogP contribution is -2.55. The number of anilines is 2. The molecule has 2 saturated heterocycles. The number of para-hydroxylation sites is 1. The molecule has 1 atom stereocenters. The highest BCUT2D eigenvalue weighted by atomic mass is 32.2. The number of benzene rings is 2. The van der Waals surface area contributed by atoms with Gasteiger partial charge in [0.05, 0.1) is 9.82 Å². The summed E-state index contributed by atoms with van der Waals surface area (Å²) in [5.41, 5.74) is 0.719. The van der Waals surface area contributed by atoms with Crippen LogP contribution >= 0.6 is 0 Å². The minimum Gasteiger partial charge on any atom is -0.363 e. The maximum Gasteiger partial charge on any atom is 0.293 e. The minimum atomic E-state index is -3.92. The number of nitro benzene ring substituents is 1. The number of piperazine rings is 1. The first-order valence-corrected chi connectivity index (χ1v) is 11.3. The van der Waals surface area contributed by atoms with Crippen LogP contribution in [-0.4, -0.2) is 50.5 Å². The summed E-state index contributed by atoms with van der Waals surface area (Å²) in [5, 5.41) is 11.7. The summed E-state index contributed by atoms with van der Waals surface area (Å²) in [6, 6.07) is 13.0. The second-order valence-electron chi connectivity index (χ2n) is 7.51. The maximum absolute atomic E-state index is 12.7. The molecular formula is C20H24N4O4S. The quantitative estimate of drug-likeness (QED) is 0.594. The van der Waals surface area contributed by atoms with Crippen LogP contribution in [0.15, 0.2) is 53.4 Å². The van der Waals surface area contributed by atoms with Gasteiger partial charge in [0.15, 0.2) is 0 Å². The van der Waals surface area contributed by atoms with Crippen molar-refractivity contribution in [2.45, 2.75) is 30.2 Å². The summed E-state index contributed by atoms with van der Waals surface area (Å²) in [7, 11) is -3.92.